The van der Waals surface area contributed by atoms with Gasteiger partial charge in [0.2, 0.25) is 0 Å². The lowest BCUT2D eigenvalue weighted by Gasteiger charge is -2.14. The molecule has 0 spiro atoms. The molecule has 2 aromatic carbocycles. The first-order valence-electron chi connectivity index (χ1n) is 10.2. The summed E-state index contributed by atoms with van der Waals surface area (Å²) in [5.74, 6) is 0.0340. The molecule has 5 rings (SSSR count). The average Bonchev–Trinajstić information content (AvgIpc) is 3.40. The molecular formula is C23H21FN4O3. The minimum atomic E-state index is -0.533. The second-order valence-electron chi connectivity index (χ2n) is 7.69. The van der Waals surface area contributed by atoms with Crippen molar-refractivity contribution in [3.8, 4) is 11.4 Å². The Morgan fingerprint density at radius 3 is 2.68 bits per heavy atom. The van der Waals surface area contributed by atoms with E-state index in [1.807, 2.05) is 30.3 Å². The first-order valence-corrected chi connectivity index (χ1v) is 10.2. The quantitative estimate of drug-likeness (QED) is 0.538. The Balaban J connectivity index is 1.74. The molecule has 1 atom stereocenters. The Bertz CT molecular complexity index is 1350. The van der Waals surface area contributed by atoms with E-state index in [4.69, 9.17) is 4.74 Å². The van der Waals surface area contributed by atoms with E-state index in [0.29, 0.717) is 24.5 Å². The summed E-state index contributed by atoms with van der Waals surface area (Å²) in [5, 5.41) is 0. The molecule has 3 heterocycles. The number of aromatic nitrogens is 4. The number of benzene rings is 2. The minimum Gasteiger partial charge on any atom is -0.376 e. The molecule has 1 aliphatic rings. The normalized spacial score (nSPS) is 16.2. The SMILES string of the molecule is O=c1[nH]c(=O)n(Cc2ccccc2)c2nc(-c3cccc(F)c3)n(C[C@@H]3CCCO3)c12. The van der Waals surface area contributed by atoms with Crippen LogP contribution in [0.3, 0.4) is 0 Å². The largest absolute Gasteiger partial charge is 0.376 e. The van der Waals surface area contributed by atoms with Gasteiger partial charge in [-0.05, 0) is 30.5 Å². The molecule has 7 nitrogen and oxygen atoms in total. The highest BCUT2D eigenvalue weighted by atomic mass is 19.1. The summed E-state index contributed by atoms with van der Waals surface area (Å²) in [5.41, 5.74) is 0.942. The molecule has 0 bridgehead atoms. The van der Waals surface area contributed by atoms with Crippen LogP contribution in [0.4, 0.5) is 4.39 Å². The van der Waals surface area contributed by atoms with Gasteiger partial charge >= 0.3 is 5.69 Å². The maximum atomic E-state index is 14.0. The maximum absolute atomic E-state index is 14.0. The van der Waals surface area contributed by atoms with Crippen LogP contribution in [0.1, 0.15) is 18.4 Å². The molecule has 0 aliphatic carbocycles. The molecule has 1 N–H and O–H groups in total. The van der Waals surface area contributed by atoms with Gasteiger partial charge in [0.05, 0.1) is 19.2 Å². The fourth-order valence-electron chi connectivity index (χ4n) is 4.10. The first kappa shape index (κ1) is 19.4. The predicted molar refractivity (Wildman–Crippen MR) is 115 cm³/mol. The number of aromatic amines is 1. The van der Waals surface area contributed by atoms with Gasteiger partial charge in [-0.15, -0.1) is 0 Å². The van der Waals surface area contributed by atoms with Crippen LogP contribution in [0.15, 0.2) is 64.2 Å². The molecule has 0 amide bonds. The highest BCUT2D eigenvalue weighted by molar-refractivity contribution is 5.77. The summed E-state index contributed by atoms with van der Waals surface area (Å²) in [6.07, 6.45) is 1.74. The lowest BCUT2D eigenvalue weighted by molar-refractivity contribution is 0.0982. The zero-order valence-electron chi connectivity index (χ0n) is 16.8. The minimum absolute atomic E-state index is 0.0707. The van der Waals surface area contributed by atoms with Crippen molar-refractivity contribution >= 4 is 11.2 Å². The van der Waals surface area contributed by atoms with E-state index in [1.165, 1.54) is 16.7 Å². The second kappa shape index (κ2) is 7.96. The predicted octanol–water partition coefficient (Wildman–Crippen LogP) is 2.92. The highest BCUT2D eigenvalue weighted by Crippen LogP contribution is 2.26. The number of nitrogens with one attached hydrogen (secondary N) is 1. The van der Waals surface area contributed by atoms with E-state index in [2.05, 4.69) is 9.97 Å². The Kier molecular flexibility index (Phi) is 4.99. The number of hydrogen-bond donors (Lipinski definition) is 1. The maximum Gasteiger partial charge on any atom is 0.330 e. The van der Waals surface area contributed by atoms with Crippen LogP contribution in [0.5, 0.6) is 0 Å². The topological polar surface area (TPSA) is 81.9 Å². The third kappa shape index (κ3) is 3.70. The summed E-state index contributed by atoms with van der Waals surface area (Å²) >= 11 is 0. The van der Waals surface area contributed by atoms with Gasteiger partial charge in [-0.25, -0.2) is 14.2 Å². The van der Waals surface area contributed by atoms with Crippen LogP contribution >= 0.6 is 0 Å². The first-order chi connectivity index (χ1) is 15.1. The Morgan fingerprint density at radius 2 is 1.94 bits per heavy atom. The van der Waals surface area contributed by atoms with Crippen molar-refractivity contribution in [1.82, 2.24) is 19.1 Å². The number of H-pyrrole nitrogens is 1. The third-order valence-corrected chi connectivity index (χ3v) is 5.56. The summed E-state index contributed by atoms with van der Waals surface area (Å²) in [7, 11) is 0. The Labute approximate surface area is 176 Å². The van der Waals surface area contributed by atoms with Gasteiger partial charge in [0, 0.05) is 12.2 Å². The van der Waals surface area contributed by atoms with Gasteiger partial charge in [-0.2, -0.15) is 0 Å². The molecule has 0 saturated carbocycles. The molecule has 31 heavy (non-hydrogen) atoms. The van der Waals surface area contributed by atoms with Crippen molar-refractivity contribution in [2.24, 2.45) is 0 Å². The Morgan fingerprint density at radius 1 is 1.10 bits per heavy atom. The fourth-order valence-corrected chi connectivity index (χ4v) is 4.10. The van der Waals surface area contributed by atoms with E-state index in [9.17, 15) is 14.0 Å². The summed E-state index contributed by atoms with van der Waals surface area (Å²) in [4.78, 5) is 32.6. The molecule has 0 radical (unpaired) electrons. The summed E-state index contributed by atoms with van der Waals surface area (Å²) in [6.45, 7) is 1.32. The number of nitrogens with zero attached hydrogens (tertiary/aromatic N) is 3. The standard InChI is InChI=1S/C23H21FN4O3/c24-17-9-4-8-16(12-17)20-25-21-19(27(20)14-18-10-5-11-31-18)22(29)26-23(30)28(21)13-15-6-2-1-3-7-15/h1-4,6-9,12,18H,5,10-11,13-14H2,(H,26,29,30)/t18-/m0/s1. The molecule has 1 aliphatic heterocycles. The van der Waals surface area contributed by atoms with E-state index in [0.717, 1.165) is 18.4 Å². The third-order valence-electron chi connectivity index (χ3n) is 5.56. The average molecular weight is 420 g/mol. The van der Waals surface area contributed by atoms with Crippen LogP contribution in [0, 0.1) is 5.82 Å². The van der Waals surface area contributed by atoms with Gasteiger partial charge in [-0.3, -0.25) is 14.3 Å². The molecule has 158 valence electrons. The van der Waals surface area contributed by atoms with Crippen LogP contribution in [0.2, 0.25) is 0 Å². The molecule has 2 aromatic heterocycles. The second-order valence-corrected chi connectivity index (χ2v) is 7.69. The van der Waals surface area contributed by atoms with Gasteiger partial charge in [0.15, 0.2) is 11.2 Å². The van der Waals surface area contributed by atoms with Gasteiger partial charge in [0.25, 0.3) is 5.56 Å². The van der Waals surface area contributed by atoms with Crippen molar-refractivity contribution in [2.45, 2.75) is 32.0 Å². The van der Waals surface area contributed by atoms with Crippen molar-refractivity contribution in [3.05, 3.63) is 86.8 Å². The molecular weight excluding hydrogens is 399 g/mol. The fraction of sp³-hybridized carbons (Fsp3) is 0.261. The number of hydrogen-bond acceptors (Lipinski definition) is 4. The highest BCUT2D eigenvalue weighted by Gasteiger charge is 2.24. The van der Waals surface area contributed by atoms with Crippen molar-refractivity contribution < 1.29 is 9.13 Å². The lowest BCUT2D eigenvalue weighted by atomic mass is 10.2. The Hall–Kier alpha value is -3.52. The smallest absolute Gasteiger partial charge is 0.330 e. The molecule has 0 unspecified atom stereocenters. The van der Waals surface area contributed by atoms with Crippen LogP contribution in [0.25, 0.3) is 22.6 Å². The molecule has 4 aromatic rings. The van der Waals surface area contributed by atoms with Crippen LogP contribution < -0.4 is 11.2 Å². The van der Waals surface area contributed by atoms with Gasteiger partial charge < -0.3 is 9.30 Å². The van der Waals surface area contributed by atoms with E-state index < -0.39 is 17.1 Å². The van der Waals surface area contributed by atoms with E-state index in [1.54, 1.807) is 16.7 Å². The van der Waals surface area contributed by atoms with Gasteiger partial charge in [-0.1, -0.05) is 42.5 Å². The zero-order valence-corrected chi connectivity index (χ0v) is 16.8. The van der Waals surface area contributed by atoms with Gasteiger partial charge in [0.1, 0.15) is 11.6 Å². The number of ether oxygens (including phenoxy) is 1. The summed E-state index contributed by atoms with van der Waals surface area (Å²) < 4.78 is 22.9. The van der Waals surface area contributed by atoms with E-state index >= 15 is 0 Å². The van der Waals surface area contributed by atoms with E-state index in [-0.39, 0.29) is 23.8 Å². The number of rotatable bonds is 5. The number of imidazole rings is 1. The van der Waals surface area contributed by atoms with Crippen molar-refractivity contribution in [1.29, 1.82) is 0 Å². The summed E-state index contributed by atoms with van der Waals surface area (Å²) in [6, 6.07) is 15.5. The van der Waals surface area contributed by atoms with Crippen molar-refractivity contribution in [2.75, 3.05) is 6.61 Å². The lowest BCUT2D eigenvalue weighted by Crippen LogP contribution is -2.32. The van der Waals surface area contributed by atoms with Crippen molar-refractivity contribution in [3.63, 3.8) is 0 Å². The number of fused-ring (bicyclic) bond motifs is 1. The monoisotopic (exact) mass is 420 g/mol. The van der Waals surface area contributed by atoms with Crippen LogP contribution in [-0.4, -0.2) is 31.8 Å². The molecule has 1 saturated heterocycles. The molecule has 1 fully saturated rings. The zero-order chi connectivity index (χ0) is 21.4. The van der Waals surface area contributed by atoms with Crippen LogP contribution in [-0.2, 0) is 17.8 Å². The number of halogens is 1. The molecule has 8 heteroatoms.